The van der Waals surface area contributed by atoms with E-state index in [1.54, 1.807) is 6.20 Å². The Balaban J connectivity index is 1.27. The first-order chi connectivity index (χ1) is 12.3. The van der Waals surface area contributed by atoms with Gasteiger partial charge in [-0.1, -0.05) is 24.3 Å². The fraction of sp³-hybridized carbons (Fsp3) is 0.474. The number of carbonyl (C=O) groups is 1. The highest BCUT2D eigenvalue weighted by Crippen LogP contribution is 2.20. The van der Waals surface area contributed by atoms with E-state index in [2.05, 4.69) is 20.4 Å². The molecule has 0 bridgehead atoms. The van der Waals surface area contributed by atoms with Gasteiger partial charge in [0.15, 0.2) is 0 Å². The summed E-state index contributed by atoms with van der Waals surface area (Å²) in [4.78, 5) is 16.9. The van der Waals surface area contributed by atoms with Crippen LogP contribution >= 0.6 is 0 Å². The van der Waals surface area contributed by atoms with Crippen molar-refractivity contribution < 1.29 is 4.79 Å². The summed E-state index contributed by atoms with van der Waals surface area (Å²) in [7, 11) is 0. The van der Waals surface area contributed by atoms with Crippen LogP contribution in [0.15, 0.2) is 36.5 Å². The van der Waals surface area contributed by atoms with Gasteiger partial charge in [-0.3, -0.25) is 10.00 Å². The Morgan fingerprint density at radius 3 is 2.68 bits per heavy atom. The molecule has 2 aliphatic rings. The summed E-state index contributed by atoms with van der Waals surface area (Å²) in [6.07, 6.45) is 5.45. The molecule has 0 saturated carbocycles. The third-order valence-corrected chi connectivity index (χ3v) is 5.32. The largest absolute Gasteiger partial charge is 0.334 e. The van der Waals surface area contributed by atoms with E-state index in [4.69, 9.17) is 0 Å². The molecule has 3 heterocycles. The Hall–Kier alpha value is -2.34. The van der Waals surface area contributed by atoms with Crippen molar-refractivity contribution in [1.29, 1.82) is 0 Å². The predicted molar refractivity (Wildman–Crippen MR) is 97.0 cm³/mol. The second-order valence-corrected chi connectivity index (χ2v) is 6.96. The molecule has 25 heavy (non-hydrogen) atoms. The smallest absolute Gasteiger partial charge is 0.317 e. The van der Waals surface area contributed by atoms with Gasteiger partial charge < -0.3 is 10.2 Å². The fourth-order valence-corrected chi connectivity index (χ4v) is 3.84. The number of hydrogen-bond acceptors (Lipinski definition) is 3. The maximum Gasteiger partial charge on any atom is 0.317 e. The summed E-state index contributed by atoms with van der Waals surface area (Å²) in [6.45, 7) is 4.69. The van der Waals surface area contributed by atoms with Crippen LogP contribution in [0.4, 0.5) is 4.79 Å². The number of likely N-dealkylation sites (tertiary alicyclic amines) is 2. The number of carbonyl (C=O) groups excluding carboxylic acids is 1. The van der Waals surface area contributed by atoms with Gasteiger partial charge in [-0.15, -0.1) is 0 Å². The molecule has 0 spiro atoms. The number of hydrogen-bond donors (Lipinski definition) is 2. The zero-order valence-corrected chi connectivity index (χ0v) is 14.4. The second kappa shape index (κ2) is 7.27. The molecule has 0 aliphatic carbocycles. The zero-order chi connectivity index (χ0) is 17.1. The maximum atomic E-state index is 12.4. The molecule has 0 radical (unpaired) electrons. The van der Waals surface area contributed by atoms with Crippen molar-refractivity contribution in [3.8, 4) is 11.3 Å². The van der Waals surface area contributed by atoms with Gasteiger partial charge in [0.05, 0.1) is 5.69 Å². The SMILES string of the molecule is O=C(NCc1ccc(-c2ccn[nH]2)cc1)N1CC[C@H](N2CCCC2)C1. The lowest BCUT2D eigenvalue weighted by atomic mass is 10.1. The lowest BCUT2D eigenvalue weighted by molar-refractivity contribution is 0.198. The summed E-state index contributed by atoms with van der Waals surface area (Å²) < 4.78 is 0. The molecule has 2 aromatic rings. The van der Waals surface area contributed by atoms with Crippen molar-refractivity contribution in [2.75, 3.05) is 26.2 Å². The minimum absolute atomic E-state index is 0.0549. The number of amides is 2. The van der Waals surface area contributed by atoms with Crippen LogP contribution < -0.4 is 5.32 Å². The van der Waals surface area contributed by atoms with E-state index < -0.39 is 0 Å². The quantitative estimate of drug-likeness (QED) is 0.899. The highest BCUT2D eigenvalue weighted by Gasteiger charge is 2.31. The van der Waals surface area contributed by atoms with Crippen molar-refractivity contribution in [1.82, 2.24) is 25.3 Å². The van der Waals surface area contributed by atoms with Gasteiger partial charge in [0.1, 0.15) is 0 Å². The van der Waals surface area contributed by atoms with E-state index >= 15 is 0 Å². The van der Waals surface area contributed by atoms with Crippen LogP contribution in [0.1, 0.15) is 24.8 Å². The Morgan fingerprint density at radius 1 is 1.16 bits per heavy atom. The number of aromatic amines is 1. The van der Waals surface area contributed by atoms with E-state index in [1.165, 1.54) is 25.9 Å². The molecular formula is C19H25N5O. The first-order valence-corrected chi connectivity index (χ1v) is 9.15. The molecule has 1 atom stereocenters. The molecule has 132 valence electrons. The van der Waals surface area contributed by atoms with Gasteiger partial charge in [0.2, 0.25) is 0 Å². The van der Waals surface area contributed by atoms with Crippen molar-refractivity contribution in [3.05, 3.63) is 42.1 Å². The monoisotopic (exact) mass is 339 g/mol. The molecule has 0 unspecified atom stereocenters. The molecule has 2 saturated heterocycles. The van der Waals surface area contributed by atoms with E-state index in [0.717, 1.165) is 36.3 Å². The number of nitrogens with one attached hydrogen (secondary N) is 2. The molecule has 4 rings (SSSR count). The van der Waals surface area contributed by atoms with Crippen LogP contribution in [0.3, 0.4) is 0 Å². The van der Waals surface area contributed by atoms with E-state index in [-0.39, 0.29) is 6.03 Å². The van der Waals surface area contributed by atoms with Crippen LogP contribution in [0, 0.1) is 0 Å². The van der Waals surface area contributed by atoms with E-state index in [1.807, 2.05) is 35.2 Å². The van der Waals surface area contributed by atoms with E-state index in [9.17, 15) is 4.79 Å². The number of aromatic nitrogens is 2. The summed E-state index contributed by atoms with van der Waals surface area (Å²) in [6, 6.07) is 10.8. The molecule has 2 N–H and O–H groups in total. The molecule has 2 fully saturated rings. The summed E-state index contributed by atoms with van der Waals surface area (Å²) in [5, 5.41) is 9.98. The van der Waals surface area contributed by atoms with Gasteiger partial charge in [-0.25, -0.2) is 4.79 Å². The molecular weight excluding hydrogens is 314 g/mol. The fourth-order valence-electron chi connectivity index (χ4n) is 3.84. The van der Waals surface area contributed by atoms with Crippen molar-refractivity contribution >= 4 is 6.03 Å². The topological polar surface area (TPSA) is 64.3 Å². The third kappa shape index (κ3) is 3.69. The van der Waals surface area contributed by atoms with Gasteiger partial charge in [-0.2, -0.15) is 5.10 Å². The minimum Gasteiger partial charge on any atom is -0.334 e. The van der Waals surface area contributed by atoms with Crippen LogP contribution in [0.2, 0.25) is 0 Å². The third-order valence-electron chi connectivity index (χ3n) is 5.32. The number of benzene rings is 1. The van der Waals surface area contributed by atoms with Crippen LogP contribution in [-0.2, 0) is 6.54 Å². The summed E-state index contributed by atoms with van der Waals surface area (Å²) >= 11 is 0. The van der Waals surface area contributed by atoms with Crippen molar-refractivity contribution in [2.45, 2.75) is 31.8 Å². The Bertz CT molecular complexity index is 691. The normalized spacial score (nSPS) is 21.0. The molecule has 1 aromatic heterocycles. The standard InChI is InChI=1S/C19H25N5O/c25-19(24-12-8-17(14-24)23-10-1-2-11-23)20-13-15-3-5-16(6-4-15)18-7-9-21-22-18/h3-7,9,17H,1-2,8,10-14H2,(H,20,25)(H,21,22)/t17-/m0/s1. The first-order valence-electron chi connectivity index (χ1n) is 9.15. The predicted octanol–water partition coefficient (Wildman–Crippen LogP) is 2.46. The van der Waals surface area contributed by atoms with Crippen molar-refractivity contribution in [3.63, 3.8) is 0 Å². The molecule has 2 aliphatic heterocycles. The molecule has 6 nitrogen and oxygen atoms in total. The van der Waals surface area contributed by atoms with Crippen molar-refractivity contribution in [2.24, 2.45) is 0 Å². The van der Waals surface area contributed by atoms with Gasteiger partial charge in [0.25, 0.3) is 0 Å². The number of urea groups is 1. The Labute approximate surface area is 148 Å². The second-order valence-electron chi connectivity index (χ2n) is 6.96. The summed E-state index contributed by atoms with van der Waals surface area (Å²) in [5.41, 5.74) is 3.20. The first kappa shape index (κ1) is 16.1. The molecule has 2 amide bonds. The summed E-state index contributed by atoms with van der Waals surface area (Å²) in [5.74, 6) is 0. The van der Waals surface area contributed by atoms with Crippen LogP contribution in [0.5, 0.6) is 0 Å². The van der Waals surface area contributed by atoms with Gasteiger partial charge >= 0.3 is 6.03 Å². The highest BCUT2D eigenvalue weighted by molar-refractivity contribution is 5.74. The number of rotatable bonds is 4. The average molecular weight is 339 g/mol. The van der Waals surface area contributed by atoms with Crippen LogP contribution in [0.25, 0.3) is 11.3 Å². The molecule has 6 heteroatoms. The lowest BCUT2D eigenvalue weighted by Crippen LogP contribution is -2.41. The average Bonchev–Trinajstić information content (AvgIpc) is 3.42. The minimum atomic E-state index is 0.0549. The maximum absolute atomic E-state index is 12.4. The number of nitrogens with zero attached hydrogens (tertiary/aromatic N) is 3. The van der Waals surface area contributed by atoms with E-state index in [0.29, 0.717) is 12.6 Å². The zero-order valence-electron chi connectivity index (χ0n) is 14.4. The Morgan fingerprint density at radius 2 is 1.96 bits per heavy atom. The molecule has 1 aromatic carbocycles. The number of H-pyrrole nitrogens is 1. The lowest BCUT2D eigenvalue weighted by Gasteiger charge is -2.23. The van der Waals surface area contributed by atoms with Gasteiger partial charge in [0, 0.05) is 31.9 Å². The highest BCUT2D eigenvalue weighted by atomic mass is 16.2. The Kier molecular flexibility index (Phi) is 4.70. The van der Waals surface area contributed by atoms with Gasteiger partial charge in [-0.05, 0) is 49.5 Å². The van der Waals surface area contributed by atoms with Crippen LogP contribution in [-0.4, -0.2) is 58.2 Å².